The van der Waals surface area contributed by atoms with Crippen LogP contribution in [0.1, 0.15) is 27.3 Å². The van der Waals surface area contributed by atoms with Gasteiger partial charge in [0.2, 0.25) is 0 Å². The summed E-state index contributed by atoms with van der Waals surface area (Å²) in [5.41, 5.74) is 6.63. The van der Waals surface area contributed by atoms with Gasteiger partial charge in [-0.05, 0) is 50.2 Å². The monoisotopic (exact) mass is 382 g/mol. The Bertz CT molecular complexity index is 997. The number of hydrazone groups is 1. The summed E-state index contributed by atoms with van der Waals surface area (Å²) in [5.74, 6) is 0.402. The van der Waals surface area contributed by atoms with Crippen LogP contribution in [0.5, 0.6) is 5.75 Å². The highest BCUT2D eigenvalue weighted by Gasteiger charge is 2.14. The number of carbonyl (C=O) groups excluding carboxylic acids is 1. The number of amides is 1. The third kappa shape index (κ3) is 4.01. The first-order valence-electron chi connectivity index (χ1n) is 8.27. The zero-order valence-corrected chi connectivity index (χ0v) is 16.0. The lowest BCUT2D eigenvalue weighted by Gasteiger charge is -2.14. The van der Waals surface area contributed by atoms with Gasteiger partial charge >= 0.3 is 0 Å². The first-order chi connectivity index (χ1) is 13.0. The minimum Gasteiger partial charge on any atom is -0.495 e. The third-order valence-electron chi connectivity index (χ3n) is 4.15. The van der Waals surface area contributed by atoms with Crippen molar-refractivity contribution in [2.45, 2.75) is 13.8 Å². The molecule has 1 N–H and O–H groups in total. The number of hydrogen-bond acceptors (Lipinski definition) is 4. The van der Waals surface area contributed by atoms with E-state index >= 15 is 0 Å². The maximum Gasteiger partial charge on any atom is 0.272 e. The first-order valence-corrected chi connectivity index (χ1v) is 8.65. The van der Waals surface area contributed by atoms with Gasteiger partial charge in [-0.2, -0.15) is 5.10 Å². The quantitative estimate of drug-likeness (QED) is 0.537. The minimum absolute atomic E-state index is 0.315. The van der Waals surface area contributed by atoms with E-state index in [0.717, 1.165) is 28.4 Å². The molecule has 27 heavy (non-hydrogen) atoms. The molecule has 3 rings (SSSR count). The van der Waals surface area contributed by atoms with E-state index in [-0.39, 0.29) is 5.91 Å². The average Bonchev–Trinajstić information content (AvgIpc) is 2.95. The lowest BCUT2D eigenvalue weighted by molar-refractivity contribution is 0.0955. The van der Waals surface area contributed by atoms with Gasteiger partial charge in [0.1, 0.15) is 5.75 Å². The topological polar surface area (TPSA) is 68.5 Å². The molecule has 0 aliphatic carbocycles. The largest absolute Gasteiger partial charge is 0.495 e. The van der Waals surface area contributed by atoms with Crippen LogP contribution in [0.4, 0.5) is 0 Å². The number of pyridine rings is 1. The minimum atomic E-state index is -0.315. The number of nitrogens with one attached hydrogen (secondary N) is 1. The van der Waals surface area contributed by atoms with Gasteiger partial charge in [0.05, 0.1) is 24.6 Å². The van der Waals surface area contributed by atoms with Gasteiger partial charge in [0, 0.05) is 34.4 Å². The van der Waals surface area contributed by atoms with Gasteiger partial charge in [-0.1, -0.05) is 11.6 Å². The number of carbonyl (C=O) groups is 1. The molecule has 138 valence electrons. The second-order valence-corrected chi connectivity index (χ2v) is 6.36. The van der Waals surface area contributed by atoms with Gasteiger partial charge in [-0.25, -0.2) is 5.43 Å². The molecule has 0 aliphatic heterocycles. The Hall–Kier alpha value is -3.12. The van der Waals surface area contributed by atoms with E-state index in [4.69, 9.17) is 16.3 Å². The molecular weight excluding hydrogens is 364 g/mol. The molecule has 0 unspecified atom stereocenters. The highest BCUT2D eigenvalue weighted by Crippen LogP contribution is 2.30. The Labute approximate surface area is 162 Å². The zero-order valence-electron chi connectivity index (χ0n) is 15.2. The highest BCUT2D eigenvalue weighted by atomic mass is 35.5. The van der Waals surface area contributed by atoms with Crippen LogP contribution in [0.15, 0.2) is 53.9 Å². The molecule has 0 radical (unpaired) electrons. The van der Waals surface area contributed by atoms with Crippen molar-refractivity contribution in [2.75, 3.05) is 7.11 Å². The molecule has 0 saturated carbocycles. The molecule has 0 aliphatic rings. The van der Waals surface area contributed by atoms with Crippen LogP contribution in [0.25, 0.3) is 5.69 Å². The number of halogens is 1. The molecule has 1 amide bonds. The Kier molecular flexibility index (Phi) is 5.57. The second kappa shape index (κ2) is 8.05. The van der Waals surface area contributed by atoms with Crippen molar-refractivity contribution in [1.82, 2.24) is 15.0 Å². The van der Waals surface area contributed by atoms with Crippen LogP contribution >= 0.6 is 11.6 Å². The van der Waals surface area contributed by atoms with Gasteiger partial charge in [-0.15, -0.1) is 0 Å². The third-order valence-corrected chi connectivity index (χ3v) is 4.38. The summed E-state index contributed by atoms with van der Waals surface area (Å²) in [6.07, 6.45) is 4.71. The summed E-state index contributed by atoms with van der Waals surface area (Å²) in [5, 5.41) is 4.69. The lowest BCUT2D eigenvalue weighted by Crippen LogP contribution is -2.17. The number of aromatic nitrogens is 2. The summed E-state index contributed by atoms with van der Waals surface area (Å²) in [6, 6.07) is 10.8. The number of ether oxygens (including phenoxy) is 1. The van der Waals surface area contributed by atoms with Crippen molar-refractivity contribution in [3.8, 4) is 11.4 Å². The van der Waals surface area contributed by atoms with Crippen LogP contribution in [0.2, 0.25) is 5.02 Å². The molecule has 2 aromatic heterocycles. The number of methoxy groups -OCH3 is 1. The molecule has 0 fully saturated rings. The maximum atomic E-state index is 12.0. The lowest BCUT2D eigenvalue weighted by atomic mass is 10.2. The van der Waals surface area contributed by atoms with Crippen molar-refractivity contribution in [3.63, 3.8) is 0 Å². The molecule has 6 nitrogen and oxygen atoms in total. The number of rotatable bonds is 5. The Balaban J connectivity index is 1.86. The Morgan fingerprint density at radius 2 is 2.11 bits per heavy atom. The van der Waals surface area contributed by atoms with Gasteiger partial charge in [0.25, 0.3) is 5.91 Å². The van der Waals surface area contributed by atoms with Crippen molar-refractivity contribution in [3.05, 3.63) is 76.3 Å². The van der Waals surface area contributed by atoms with Crippen LogP contribution < -0.4 is 10.2 Å². The average molecular weight is 383 g/mol. The summed E-state index contributed by atoms with van der Waals surface area (Å²) in [4.78, 5) is 16.0. The van der Waals surface area contributed by atoms with Gasteiger partial charge < -0.3 is 9.30 Å². The van der Waals surface area contributed by atoms with E-state index < -0.39 is 0 Å². The fourth-order valence-electron chi connectivity index (χ4n) is 2.85. The zero-order chi connectivity index (χ0) is 19.4. The molecular formula is C20H19ClN4O2. The summed E-state index contributed by atoms with van der Waals surface area (Å²) >= 11 is 6.16. The number of nitrogens with zero attached hydrogens (tertiary/aromatic N) is 3. The van der Waals surface area contributed by atoms with E-state index in [1.807, 2.05) is 36.6 Å². The van der Waals surface area contributed by atoms with Crippen LogP contribution in [0.3, 0.4) is 0 Å². The first kappa shape index (κ1) is 18.7. The van der Waals surface area contributed by atoms with Crippen LogP contribution in [-0.2, 0) is 0 Å². The fraction of sp³-hybridized carbons (Fsp3) is 0.150. The fourth-order valence-corrected chi connectivity index (χ4v) is 3.02. The van der Waals surface area contributed by atoms with E-state index in [2.05, 4.69) is 15.5 Å². The molecule has 2 heterocycles. The molecule has 0 saturated heterocycles. The Morgan fingerprint density at radius 1 is 1.30 bits per heavy atom. The molecule has 1 aromatic carbocycles. The van der Waals surface area contributed by atoms with Crippen LogP contribution in [-0.4, -0.2) is 28.8 Å². The van der Waals surface area contributed by atoms with Crippen molar-refractivity contribution in [1.29, 1.82) is 0 Å². The molecule has 3 aromatic rings. The van der Waals surface area contributed by atoms with E-state index in [1.54, 1.807) is 37.7 Å². The van der Waals surface area contributed by atoms with Crippen molar-refractivity contribution in [2.24, 2.45) is 5.10 Å². The SMILES string of the molecule is COc1ccc(Cl)cc1-n1c(C)cc(/C=N\NC(=O)c2cccnc2)c1C. The normalized spacial score (nSPS) is 11.0. The molecule has 0 atom stereocenters. The molecule has 0 spiro atoms. The van der Waals surface area contributed by atoms with Crippen molar-refractivity contribution >= 4 is 23.7 Å². The summed E-state index contributed by atoms with van der Waals surface area (Å²) < 4.78 is 7.50. The smallest absolute Gasteiger partial charge is 0.272 e. The van der Waals surface area contributed by atoms with Crippen LogP contribution in [0, 0.1) is 13.8 Å². The maximum absolute atomic E-state index is 12.0. The van der Waals surface area contributed by atoms with E-state index in [0.29, 0.717) is 10.6 Å². The second-order valence-electron chi connectivity index (χ2n) is 5.92. The highest BCUT2D eigenvalue weighted by molar-refractivity contribution is 6.30. The number of hydrogen-bond donors (Lipinski definition) is 1. The van der Waals surface area contributed by atoms with Gasteiger partial charge in [-0.3, -0.25) is 9.78 Å². The van der Waals surface area contributed by atoms with E-state index in [9.17, 15) is 4.79 Å². The van der Waals surface area contributed by atoms with E-state index in [1.165, 1.54) is 6.20 Å². The van der Waals surface area contributed by atoms with Crippen molar-refractivity contribution < 1.29 is 9.53 Å². The summed E-state index contributed by atoms with van der Waals surface area (Å²) in [7, 11) is 1.62. The summed E-state index contributed by atoms with van der Waals surface area (Å²) in [6.45, 7) is 3.95. The number of aryl methyl sites for hydroxylation is 1. The molecule has 0 bridgehead atoms. The standard InChI is InChI=1S/C20H19ClN4O2/c1-13-9-16(12-23-24-20(26)15-5-4-8-22-11-15)14(2)25(13)18-10-17(21)6-7-19(18)27-3/h4-12H,1-3H3,(H,24,26)/b23-12-. The predicted molar refractivity (Wildman–Crippen MR) is 106 cm³/mol. The number of benzene rings is 1. The Morgan fingerprint density at radius 3 is 2.81 bits per heavy atom. The molecule has 7 heteroatoms. The predicted octanol–water partition coefficient (Wildman–Crippen LogP) is 3.92. The van der Waals surface area contributed by atoms with Gasteiger partial charge in [0.15, 0.2) is 0 Å².